The van der Waals surface area contributed by atoms with Crippen LogP contribution in [0.3, 0.4) is 0 Å². The van der Waals surface area contributed by atoms with Crippen molar-refractivity contribution in [2.45, 2.75) is 26.7 Å². The van der Waals surface area contributed by atoms with Crippen molar-refractivity contribution in [2.24, 2.45) is 5.92 Å². The third-order valence-electron chi connectivity index (χ3n) is 3.16. The Hall–Kier alpha value is -1.91. The third kappa shape index (κ3) is 2.20. The molecule has 0 N–H and O–H groups in total. The summed E-state index contributed by atoms with van der Waals surface area (Å²) in [7, 11) is 0. The molecule has 0 aromatic heterocycles. The molecule has 1 amide bonds. The predicted octanol–water partition coefficient (Wildman–Crippen LogP) is 2.53. The molecule has 0 saturated heterocycles. The number of carbonyl (C=O) groups is 1. The summed E-state index contributed by atoms with van der Waals surface area (Å²) in [6, 6.07) is 4.77. The van der Waals surface area contributed by atoms with Gasteiger partial charge in [0, 0.05) is 24.6 Å². The first-order valence-corrected chi connectivity index (χ1v) is 6.09. The molecular formula is C13H16N2O3. The van der Waals surface area contributed by atoms with Crippen LogP contribution in [0.4, 0.5) is 11.4 Å². The highest BCUT2D eigenvalue weighted by molar-refractivity contribution is 5.96. The van der Waals surface area contributed by atoms with Gasteiger partial charge >= 0.3 is 0 Å². The SMILES string of the molecule is CC(C)C(=O)N1CCCc2ccc([N+](=O)[O-])cc21. The van der Waals surface area contributed by atoms with Crippen molar-refractivity contribution in [3.8, 4) is 0 Å². The normalized spacial score (nSPS) is 14.5. The Kier molecular flexibility index (Phi) is 3.32. The van der Waals surface area contributed by atoms with Gasteiger partial charge in [0.1, 0.15) is 0 Å². The minimum absolute atomic E-state index is 0.0245. The highest BCUT2D eigenvalue weighted by atomic mass is 16.6. The van der Waals surface area contributed by atoms with Crippen LogP contribution < -0.4 is 4.90 Å². The van der Waals surface area contributed by atoms with Crippen molar-refractivity contribution < 1.29 is 9.72 Å². The van der Waals surface area contributed by atoms with Gasteiger partial charge in [-0.3, -0.25) is 14.9 Å². The Balaban J connectivity index is 2.43. The zero-order valence-corrected chi connectivity index (χ0v) is 10.5. The zero-order chi connectivity index (χ0) is 13.3. The molecule has 0 saturated carbocycles. The van der Waals surface area contributed by atoms with E-state index in [9.17, 15) is 14.9 Å². The number of rotatable bonds is 2. The van der Waals surface area contributed by atoms with Crippen LogP contribution in [-0.4, -0.2) is 17.4 Å². The molecule has 1 aromatic rings. The number of non-ortho nitro benzene ring substituents is 1. The summed E-state index contributed by atoms with van der Waals surface area (Å²) < 4.78 is 0. The van der Waals surface area contributed by atoms with E-state index in [4.69, 9.17) is 0 Å². The molecule has 0 bridgehead atoms. The lowest BCUT2D eigenvalue weighted by Crippen LogP contribution is -2.38. The molecule has 18 heavy (non-hydrogen) atoms. The van der Waals surface area contributed by atoms with Gasteiger partial charge < -0.3 is 4.90 Å². The Morgan fingerprint density at radius 2 is 2.17 bits per heavy atom. The summed E-state index contributed by atoms with van der Waals surface area (Å²) in [5.41, 5.74) is 1.76. The van der Waals surface area contributed by atoms with Crippen LogP contribution in [0.1, 0.15) is 25.8 Å². The molecule has 1 aliphatic rings. The van der Waals surface area contributed by atoms with Gasteiger partial charge in [-0.25, -0.2) is 0 Å². The van der Waals surface area contributed by atoms with Crippen molar-refractivity contribution in [1.82, 2.24) is 0 Å². The second kappa shape index (κ2) is 4.76. The van der Waals surface area contributed by atoms with E-state index in [0.29, 0.717) is 12.2 Å². The first kappa shape index (κ1) is 12.5. The molecule has 0 atom stereocenters. The molecule has 1 heterocycles. The van der Waals surface area contributed by atoms with Gasteiger partial charge in [-0.15, -0.1) is 0 Å². The van der Waals surface area contributed by atoms with E-state index in [1.54, 1.807) is 11.0 Å². The largest absolute Gasteiger partial charge is 0.312 e. The van der Waals surface area contributed by atoms with Crippen molar-refractivity contribution in [1.29, 1.82) is 0 Å². The van der Waals surface area contributed by atoms with E-state index in [1.165, 1.54) is 12.1 Å². The standard InChI is InChI=1S/C13H16N2O3/c1-9(2)13(16)14-7-3-4-10-5-6-11(15(17)18)8-12(10)14/h5-6,8-9H,3-4,7H2,1-2H3. The molecule has 1 aliphatic heterocycles. The lowest BCUT2D eigenvalue weighted by atomic mass is 9.99. The topological polar surface area (TPSA) is 63.5 Å². The number of nitro groups is 1. The lowest BCUT2D eigenvalue weighted by Gasteiger charge is -2.30. The molecule has 1 aromatic carbocycles. The second-order valence-electron chi connectivity index (χ2n) is 4.82. The summed E-state index contributed by atoms with van der Waals surface area (Å²) in [6.07, 6.45) is 1.78. The fourth-order valence-electron chi connectivity index (χ4n) is 2.22. The molecule has 96 valence electrons. The summed E-state index contributed by atoms with van der Waals surface area (Å²) in [4.78, 5) is 24.2. The average molecular weight is 248 g/mol. The summed E-state index contributed by atoms with van der Waals surface area (Å²) >= 11 is 0. The number of nitrogens with zero attached hydrogens (tertiary/aromatic N) is 2. The molecule has 2 rings (SSSR count). The number of nitro benzene ring substituents is 1. The molecule has 0 aliphatic carbocycles. The highest BCUT2D eigenvalue weighted by Crippen LogP contribution is 2.31. The number of anilines is 1. The molecule has 0 unspecified atom stereocenters. The average Bonchev–Trinajstić information content (AvgIpc) is 2.36. The van der Waals surface area contributed by atoms with Crippen LogP contribution in [0, 0.1) is 16.0 Å². The van der Waals surface area contributed by atoms with Crippen LogP contribution >= 0.6 is 0 Å². The molecule has 0 radical (unpaired) electrons. The Bertz CT molecular complexity index is 497. The Morgan fingerprint density at radius 3 is 2.78 bits per heavy atom. The molecule has 0 fully saturated rings. The van der Waals surface area contributed by atoms with Crippen LogP contribution in [0.2, 0.25) is 0 Å². The maximum atomic E-state index is 12.1. The number of hydrogen-bond acceptors (Lipinski definition) is 3. The van der Waals surface area contributed by atoms with Crippen molar-refractivity contribution in [2.75, 3.05) is 11.4 Å². The number of hydrogen-bond donors (Lipinski definition) is 0. The number of benzene rings is 1. The van der Waals surface area contributed by atoms with Gasteiger partial charge in [0.15, 0.2) is 0 Å². The van der Waals surface area contributed by atoms with Crippen LogP contribution in [0.5, 0.6) is 0 Å². The minimum atomic E-state index is -0.424. The van der Waals surface area contributed by atoms with E-state index in [2.05, 4.69) is 0 Å². The summed E-state index contributed by atoms with van der Waals surface area (Å²) in [5.74, 6) is -0.0772. The van der Waals surface area contributed by atoms with Crippen LogP contribution in [0.25, 0.3) is 0 Å². The molecule has 5 heteroatoms. The molecule has 5 nitrogen and oxygen atoms in total. The maximum Gasteiger partial charge on any atom is 0.271 e. The molecule has 0 spiro atoms. The van der Waals surface area contributed by atoms with Crippen LogP contribution in [-0.2, 0) is 11.2 Å². The van der Waals surface area contributed by atoms with Crippen molar-refractivity contribution in [3.63, 3.8) is 0 Å². The van der Waals surface area contributed by atoms with E-state index in [-0.39, 0.29) is 17.5 Å². The first-order chi connectivity index (χ1) is 8.50. The van der Waals surface area contributed by atoms with Crippen molar-refractivity contribution in [3.05, 3.63) is 33.9 Å². The van der Waals surface area contributed by atoms with Gasteiger partial charge in [0.05, 0.1) is 10.6 Å². The van der Waals surface area contributed by atoms with Gasteiger partial charge in [-0.1, -0.05) is 19.9 Å². The monoisotopic (exact) mass is 248 g/mol. The minimum Gasteiger partial charge on any atom is -0.312 e. The zero-order valence-electron chi connectivity index (χ0n) is 10.5. The highest BCUT2D eigenvalue weighted by Gasteiger charge is 2.25. The van der Waals surface area contributed by atoms with Crippen LogP contribution in [0.15, 0.2) is 18.2 Å². The van der Waals surface area contributed by atoms with Gasteiger partial charge in [-0.2, -0.15) is 0 Å². The Morgan fingerprint density at radius 1 is 1.44 bits per heavy atom. The van der Waals surface area contributed by atoms with Gasteiger partial charge in [-0.05, 0) is 18.4 Å². The summed E-state index contributed by atoms with van der Waals surface area (Å²) in [5, 5.41) is 10.8. The van der Waals surface area contributed by atoms with E-state index < -0.39 is 4.92 Å². The van der Waals surface area contributed by atoms with E-state index in [0.717, 1.165) is 18.4 Å². The number of carbonyl (C=O) groups excluding carboxylic acids is 1. The second-order valence-corrected chi connectivity index (χ2v) is 4.82. The van der Waals surface area contributed by atoms with Gasteiger partial charge in [0.25, 0.3) is 5.69 Å². The number of fused-ring (bicyclic) bond motifs is 1. The number of aryl methyl sites for hydroxylation is 1. The molecular weight excluding hydrogens is 232 g/mol. The third-order valence-corrected chi connectivity index (χ3v) is 3.16. The van der Waals surface area contributed by atoms with Gasteiger partial charge in [0.2, 0.25) is 5.91 Å². The van der Waals surface area contributed by atoms with E-state index in [1.807, 2.05) is 13.8 Å². The van der Waals surface area contributed by atoms with E-state index >= 15 is 0 Å². The Labute approximate surface area is 106 Å². The first-order valence-electron chi connectivity index (χ1n) is 6.09. The smallest absolute Gasteiger partial charge is 0.271 e. The van der Waals surface area contributed by atoms with Crippen molar-refractivity contribution >= 4 is 17.3 Å². The fraction of sp³-hybridized carbons (Fsp3) is 0.462. The fourth-order valence-corrected chi connectivity index (χ4v) is 2.22. The quantitative estimate of drug-likeness (QED) is 0.596. The maximum absolute atomic E-state index is 12.1. The lowest BCUT2D eigenvalue weighted by molar-refractivity contribution is -0.384. The predicted molar refractivity (Wildman–Crippen MR) is 68.6 cm³/mol. The number of amides is 1. The summed E-state index contributed by atoms with van der Waals surface area (Å²) in [6.45, 7) is 4.33.